The third kappa shape index (κ3) is 4.68. The van der Waals surface area contributed by atoms with Gasteiger partial charge in [-0.1, -0.05) is 30.7 Å². The first kappa shape index (κ1) is 20.7. The number of aromatic nitrogens is 2. The van der Waals surface area contributed by atoms with Crippen molar-refractivity contribution in [3.8, 4) is 11.5 Å². The van der Waals surface area contributed by atoms with E-state index in [9.17, 15) is 9.18 Å². The van der Waals surface area contributed by atoms with Gasteiger partial charge in [0.1, 0.15) is 11.5 Å². The first-order valence-corrected chi connectivity index (χ1v) is 9.36. The zero-order valence-electron chi connectivity index (χ0n) is 16.3. The first-order valence-electron chi connectivity index (χ1n) is 8.98. The van der Waals surface area contributed by atoms with E-state index in [-0.39, 0.29) is 12.5 Å². The van der Waals surface area contributed by atoms with E-state index in [4.69, 9.17) is 21.1 Å². The van der Waals surface area contributed by atoms with Gasteiger partial charge in [0.05, 0.1) is 26.5 Å². The summed E-state index contributed by atoms with van der Waals surface area (Å²) in [7, 11) is 3.12. The zero-order chi connectivity index (χ0) is 21.0. The van der Waals surface area contributed by atoms with Gasteiger partial charge in [0.25, 0.3) is 0 Å². The van der Waals surface area contributed by atoms with Crippen LogP contribution in [0.2, 0.25) is 5.02 Å². The zero-order valence-corrected chi connectivity index (χ0v) is 17.1. The number of halogens is 2. The SMILES string of the molecule is CCc1c(Nc2nc(=O)c(F)cn2Cc2cccc(Cl)c2)cc(OC)cc1OC. The number of nitrogens with one attached hydrogen (secondary N) is 1. The fraction of sp³-hybridized carbons (Fsp3) is 0.238. The van der Waals surface area contributed by atoms with Crippen molar-refractivity contribution in [1.29, 1.82) is 0 Å². The smallest absolute Gasteiger partial charge is 0.310 e. The lowest BCUT2D eigenvalue weighted by atomic mass is 10.1. The Morgan fingerprint density at radius 2 is 2.00 bits per heavy atom. The minimum Gasteiger partial charge on any atom is -0.497 e. The van der Waals surface area contributed by atoms with Crippen LogP contribution < -0.4 is 20.3 Å². The number of anilines is 2. The van der Waals surface area contributed by atoms with Crippen LogP contribution in [0.5, 0.6) is 11.5 Å². The van der Waals surface area contributed by atoms with E-state index in [0.717, 1.165) is 17.3 Å². The van der Waals surface area contributed by atoms with Crippen LogP contribution in [0.1, 0.15) is 18.1 Å². The van der Waals surface area contributed by atoms with E-state index >= 15 is 0 Å². The van der Waals surface area contributed by atoms with Gasteiger partial charge < -0.3 is 19.4 Å². The van der Waals surface area contributed by atoms with E-state index in [1.54, 1.807) is 44.6 Å². The molecule has 0 amide bonds. The molecular weight excluding hydrogens is 397 g/mol. The molecule has 2 aromatic carbocycles. The largest absolute Gasteiger partial charge is 0.497 e. The van der Waals surface area contributed by atoms with Crippen LogP contribution in [0.15, 0.2) is 47.4 Å². The summed E-state index contributed by atoms with van der Waals surface area (Å²) >= 11 is 6.05. The molecule has 0 aliphatic rings. The highest BCUT2D eigenvalue weighted by Crippen LogP contribution is 2.34. The van der Waals surface area contributed by atoms with Crippen molar-refractivity contribution in [2.24, 2.45) is 0 Å². The third-order valence-corrected chi connectivity index (χ3v) is 4.67. The number of hydrogen-bond donors (Lipinski definition) is 1. The van der Waals surface area contributed by atoms with Gasteiger partial charge in [-0.25, -0.2) is 0 Å². The van der Waals surface area contributed by atoms with E-state index in [0.29, 0.717) is 28.6 Å². The molecule has 1 heterocycles. The highest BCUT2D eigenvalue weighted by atomic mass is 35.5. The lowest BCUT2D eigenvalue weighted by molar-refractivity contribution is 0.392. The van der Waals surface area contributed by atoms with Gasteiger partial charge in [0.15, 0.2) is 0 Å². The highest BCUT2D eigenvalue weighted by molar-refractivity contribution is 6.30. The molecule has 29 heavy (non-hydrogen) atoms. The predicted octanol–water partition coefficient (Wildman–Crippen LogP) is 4.41. The minimum atomic E-state index is -0.942. The molecule has 0 atom stereocenters. The summed E-state index contributed by atoms with van der Waals surface area (Å²) in [6.45, 7) is 2.25. The number of methoxy groups -OCH3 is 2. The van der Waals surface area contributed by atoms with Gasteiger partial charge in [0, 0.05) is 28.9 Å². The minimum absolute atomic E-state index is 0.196. The van der Waals surface area contributed by atoms with Crippen molar-refractivity contribution in [3.05, 3.63) is 74.9 Å². The molecule has 0 radical (unpaired) electrons. The molecule has 0 bridgehead atoms. The molecule has 0 fully saturated rings. The number of hydrogen-bond acceptors (Lipinski definition) is 5. The molecular formula is C21H21ClFN3O3. The van der Waals surface area contributed by atoms with E-state index in [1.165, 1.54) is 4.57 Å². The van der Waals surface area contributed by atoms with Crippen LogP contribution in [0.3, 0.4) is 0 Å². The average Bonchev–Trinajstić information content (AvgIpc) is 2.71. The van der Waals surface area contributed by atoms with Gasteiger partial charge in [0.2, 0.25) is 11.8 Å². The van der Waals surface area contributed by atoms with E-state index in [1.807, 2.05) is 13.0 Å². The number of rotatable bonds is 7. The second-order valence-electron chi connectivity index (χ2n) is 6.31. The maximum Gasteiger partial charge on any atom is 0.310 e. The molecule has 0 saturated heterocycles. The topological polar surface area (TPSA) is 65.4 Å². The Hall–Kier alpha value is -3.06. The van der Waals surface area contributed by atoms with Crippen LogP contribution in [-0.4, -0.2) is 23.8 Å². The summed E-state index contributed by atoms with van der Waals surface area (Å²) in [5, 5.41) is 3.70. The van der Waals surface area contributed by atoms with Gasteiger partial charge in [-0.2, -0.15) is 9.37 Å². The van der Waals surface area contributed by atoms with Crippen LogP contribution in [0.4, 0.5) is 16.0 Å². The Bertz CT molecular complexity index is 1090. The predicted molar refractivity (Wildman–Crippen MR) is 111 cm³/mol. The fourth-order valence-electron chi connectivity index (χ4n) is 3.04. The maximum absolute atomic E-state index is 14.0. The van der Waals surface area contributed by atoms with Crippen LogP contribution in [0.25, 0.3) is 0 Å². The first-order chi connectivity index (χ1) is 13.9. The lowest BCUT2D eigenvalue weighted by Crippen LogP contribution is -2.20. The number of ether oxygens (including phenoxy) is 2. The summed E-state index contributed by atoms with van der Waals surface area (Å²) < 4.78 is 26.3. The Kier molecular flexibility index (Phi) is 6.39. The van der Waals surface area contributed by atoms with Gasteiger partial charge >= 0.3 is 5.56 Å². The van der Waals surface area contributed by atoms with Gasteiger partial charge in [-0.05, 0) is 24.1 Å². The van der Waals surface area contributed by atoms with Crippen molar-refractivity contribution in [3.63, 3.8) is 0 Å². The van der Waals surface area contributed by atoms with Crippen molar-refractivity contribution < 1.29 is 13.9 Å². The van der Waals surface area contributed by atoms with Crippen molar-refractivity contribution in [2.45, 2.75) is 19.9 Å². The summed E-state index contributed by atoms with van der Waals surface area (Å²) in [5.74, 6) is 0.477. The number of benzene rings is 2. The van der Waals surface area contributed by atoms with Crippen LogP contribution >= 0.6 is 11.6 Å². The highest BCUT2D eigenvalue weighted by Gasteiger charge is 2.15. The molecule has 0 spiro atoms. The Morgan fingerprint density at radius 3 is 2.66 bits per heavy atom. The summed E-state index contributed by atoms with van der Waals surface area (Å²) in [6, 6.07) is 10.7. The average molecular weight is 418 g/mol. The molecule has 0 aliphatic heterocycles. The summed E-state index contributed by atoms with van der Waals surface area (Å²) in [4.78, 5) is 15.8. The fourth-order valence-corrected chi connectivity index (χ4v) is 3.25. The molecule has 6 nitrogen and oxygen atoms in total. The van der Waals surface area contributed by atoms with Crippen molar-refractivity contribution in [1.82, 2.24) is 9.55 Å². The van der Waals surface area contributed by atoms with Crippen molar-refractivity contribution in [2.75, 3.05) is 19.5 Å². The second kappa shape index (κ2) is 8.96. The van der Waals surface area contributed by atoms with E-state index < -0.39 is 11.4 Å². The van der Waals surface area contributed by atoms with Crippen LogP contribution in [0, 0.1) is 5.82 Å². The van der Waals surface area contributed by atoms with Crippen LogP contribution in [-0.2, 0) is 13.0 Å². The molecule has 1 aromatic heterocycles. The number of nitrogens with zero attached hydrogens (tertiary/aromatic N) is 2. The molecule has 0 aliphatic carbocycles. The molecule has 0 unspecified atom stereocenters. The second-order valence-corrected chi connectivity index (χ2v) is 6.75. The monoisotopic (exact) mass is 417 g/mol. The molecule has 0 saturated carbocycles. The third-order valence-electron chi connectivity index (χ3n) is 4.43. The van der Waals surface area contributed by atoms with E-state index in [2.05, 4.69) is 10.3 Å². The Morgan fingerprint density at radius 1 is 1.21 bits per heavy atom. The van der Waals surface area contributed by atoms with Gasteiger partial charge in [-0.3, -0.25) is 4.79 Å². The summed E-state index contributed by atoms with van der Waals surface area (Å²) in [5.41, 5.74) is 1.43. The van der Waals surface area contributed by atoms with Crippen molar-refractivity contribution >= 4 is 23.2 Å². The Balaban J connectivity index is 2.07. The molecule has 8 heteroatoms. The molecule has 152 valence electrons. The normalized spacial score (nSPS) is 10.7. The Labute approximate surface area is 172 Å². The molecule has 1 N–H and O–H groups in total. The lowest BCUT2D eigenvalue weighted by Gasteiger charge is -2.18. The molecule has 3 aromatic rings. The standard InChI is InChI=1S/C21H21ClFN3O3/c1-4-16-18(9-15(28-2)10-19(16)29-3)24-21-25-20(27)17(23)12-26(21)11-13-6-5-7-14(22)8-13/h5-10,12H,4,11H2,1-3H3,(H,24,25,27). The summed E-state index contributed by atoms with van der Waals surface area (Å²) in [6.07, 6.45) is 1.79. The quantitative estimate of drug-likeness (QED) is 0.617. The maximum atomic E-state index is 14.0. The van der Waals surface area contributed by atoms with Gasteiger partial charge in [-0.15, -0.1) is 0 Å². The molecule has 3 rings (SSSR count).